The number of aromatic nitrogens is 1. The van der Waals surface area contributed by atoms with Gasteiger partial charge in [0.2, 0.25) is 0 Å². The van der Waals surface area contributed by atoms with Crippen LogP contribution in [0.4, 0.5) is 0 Å². The molecule has 2 atom stereocenters. The van der Waals surface area contributed by atoms with Gasteiger partial charge in [-0.3, -0.25) is 4.68 Å². The Hall–Kier alpha value is -1.04. The number of methoxy groups -OCH3 is 1. The van der Waals surface area contributed by atoms with Crippen LogP contribution in [0, 0.1) is 13.8 Å². The number of rotatable bonds is 8. The quantitative estimate of drug-likeness (QED) is 0.730. The fourth-order valence-electron chi connectivity index (χ4n) is 1.73. The van der Waals surface area contributed by atoms with Crippen molar-refractivity contribution in [3.63, 3.8) is 0 Å². The smallest absolute Gasteiger partial charge is 0.0961 e. The molecule has 0 aromatic carbocycles. The first kappa shape index (κ1) is 15.0. The summed E-state index contributed by atoms with van der Waals surface area (Å²) in [5.74, 6) is 0. The van der Waals surface area contributed by atoms with Crippen LogP contribution in [0.25, 0.3) is 0 Å². The van der Waals surface area contributed by atoms with Crippen LogP contribution in [0.2, 0.25) is 0 Å². The zero-order valence-corrected chi connectivity index (χ0v) is 11.6. The monoisotopic (exact) mass is 256 g/mol. The topological polar surface area (TPSA) is 55.6 Å². The van der Waals surface area contributed by atoms with E-state index in [0.717, 1.165) is 11.4 Å². The van der Waals surface area contributed by atoms with Crippen molar-refractivity contribution in [3.8, 4) is 0 Å². The molecule has 1 aromatic rings. The second-order valence-corrected chi connectivity index (χ2v) is 4.57. The predicted octanol–water partition coefficient (Wildman–Crippen LogP) is 1.06. The SMILES string of the molecule is COCC(C)OCC(O)CNn1c(C)ccc1C. The molecule has 5 heteroatoms. The van der Waals surface area contributed by atoms with Crippen molar-refractivity contribution in [3.05, 3.63) is 23.5 Å². The molecule has 0 saturated heterocycles. The molecule has 0 aliphatic carbocycles. The third-order valence-electron chi connectivity index (χ3n) is 2.73. The molecule has 2 unspecified atom stereocenters. The Labute approximate surface area is 109 Å². The van der Waals surface area contributed by atoms with Crippen LogP contribution in [0.3, 0.4) is 0 Å². The Morgan fingerprint density at radius 1 is 1.28 bits per heavy atom. The van der Waals surface area contributed by atoms with Gasteiger partial charge in [-0.1, -0.05) is 0 Å². The second kappa shape index (κ2) is 7.41. The minimum atomic E-state index is -0.537. The van der Waals surface area contributed by atoms with Crippen LogP contribution >= 0.6 is 0 Å². The standard InChI is InChI=1S/C13H24N2O3/c1-10-5-6-11(2)15(10)14-7-13(16)9-18-12(3)8-17-4/h5-6,12-14,16H,7-9H2,1-4H3. The average Bonchev–Trinajstić information content (AvgIpc) is 2.64. The molecular formula is C13H24N2O3. The molecule has 0 amide bonds. The minimum absolute atomic E-state index is 0.000277. The van der Waals surface area contributed by atoms with E-state index in [4.69, 9.17) is 9.47 Å². The Morgan fingerprint density at radius 3 is 2.44 bits per heavy atom. The van der Waals surface area contributed by atoms with Gasteiger partial charge in [-0.2, -0.15) is 0 Å². The highest BCUT2D eigenvalue weighted by atomic mass is 16.5. The number of aryl methyl sites for hydroxylation is 2. The number of ether oxygens (including phenoxy) is 2. The van der Waals surface area contributed by atoms with Crippen molar-refractivity contribution < 1.29 is 14.6 Å². The molecule has 0 bridgehead atoms. The van der Waals surface area contributed by atoms with Gasteiger partial charge in [-0.05, 0) is 32.9 Å². The Morgan fingerprint density at radius 2 is 1.89 bits per heavy atom. The molecule has 1 heterocycles. The Kier molecular flexibility index (Phi) is 6.18. The molecule has 0 aliphatic rings. The first-order chi connectivity index (χ1) is 8.54. The second-order valence-electron chi connectivity index (χ2n) is 4.57. The Balaban J connectivity index is 2.27. The number of nitrogens with zero attached hydrogens (tertiary/aromatic N) is 1. The maximum Gasteiger partial charge on any atom is 0.0961 e. The maximum atomic E-state index is 9.81. The van der Waals surface area contributed by atoms with Gasteiger partial charge in [0.25, 0.3) is 0 Å². The largest absolute Gasteiger partial charge is 0.389 e. The molecule has 0 fully saturated rings. The molecule has 5 nitrogen and oxygen atoms in total. The van der Waals surface area contributed by atoms with Gasteiger partial charge in [0.15, 0.2) is 0 Å². The van der Waals surface area contributed by atoms with Gasteiger partial charge in [-0.25, -0.2) is 0 Å². The molecule has 2 N–H and O–H groups in total. The van der Waals surface area contributed by atoms with Gasteiger partial charge in [0.05, 0.1) is 32.0 Å². The molecule has 0 saturated carbocycles. The molecule has 0 radical (unpaired) electrons. The van der Waals surface area contributed by atoms with E-state index in [-0.39, 0.29) is 6.10 Å². The molecular weight excluding hydrogens is 232 g/mol. The van der Waals surface area contributed by atoms with Crippen LogP contribution < -0.4 is 5.43 Å². The third-order valence-corrected chi connectivity index (χ3v) is 2.73. The zero-order valence-electron chi connectivity index (χ0n) is 11.6. The lowest BCUT2D eigenvalue weighted by molar-refractivity contribution is -0.0287. The highest BCUT2D eigenvalue weighted by Gasteiger charge is 2.09. The van der Waals surface area contributed by atoms with Crippen LogP contribution in [-0.2, 0) is 9.47 Å². The number of nitrogens with one attached hydrogen (secondary N) is 1. The van der Waals surface area contributed by atoms with E-state index < -0.39 is 6.10 Å². The van der Waals surface area contributed by atoms with Crippen molar-refractivity contribution in [1.82, 2.24) is 4.68 Å². The summed E-state index contributed by atoms with van der Waals surface area (Å²) in [5, 5.41) is 9.81. The zero-order chi connectivity index (χ0) is 13.5. The summed E-state index contributed by atoms with van der Waals surface area (Å²) in [4.78, 5) is 0. The molecule has 18 heavy (non-hydrogen) atoms. The maximum absolute atomic E-state index is 9.81. The average molecular weight is 256 g/mol. The summed E-state index contributed by atoms with van der Waals surface area (Å²) in [5.41, 5.74) is 5.41. The van der Waals surface area contributed by atoms with E-state index in [2.05, 4.69) is 5.43 Å². The molecule has 0 aliphatic heterocycles. The van der Waals surface area contributed by atoms with Crippen LogP contribution in [0.5, 0.6) is 0 Å². The summed E-state index contributed by atoms with van der Waals surface area (Å²) in [6, 6.07) is 4.07. The fraction of sp³-hybridized carbons (Fsp3) is 0.692. The van der Waals surface area contributed by atoms with Crippen molar-refractivity contribution in [1.29, 1.82) is 0 Å². The van der Waals surface area contributed by atoms with Crippen molar-refractivity contribution in [2.75, 3.05) is 32.3 Å². The fourth-order valence-corrected chi connectivity index (χ4v) is 1.73. The molecule has 0 spiro atoms. The summed E-state index contributed by atoms with van der Waals surface area (Å²) in [6.45, 7) is 7.25. The Bertz CT molecular complexity index is 333. The summed E-state index contributed by atoms with van der Waals surface area (Å²) in [6.07, 6.45) is -0.537. The van der Waals surface area contributed by atoms with E-state index in [1.807, 2.05) is 37.6 Å². The van der Waals surface area contributed by atoms with Gasteiger partial charge >= 0.3 is 0 Å². The van der Waals surface area contributed by atoms with Gasteiger partial charge < -0.3 is 20.0 Å². The third kappa shape index (κ3) is 4.68. The van der Waals surface area contributed by atoms with Crippen molar-refractivity contribution >= 4 is 0 Å². The van der Waals surface area contributed by atoms with E-state index in [1.54, 1.807) is 7.11 Å². The molecule has 1 rings (SSSR count). The van der Waals surface area contributed by atoms with Gasteiger partial charge in [-0.15, -0.1) is 0 Å². The number of aliphatic hydroxyl groups excluding tert-OH is 1. The highest BCUT2D eigenvalue weighted by Crippen LogP contribution is 2.04. The summed E-state index contributed by atoms with van der Waals surface area (Å²) in [7, 11) is 1.63. The van der Waals surface area contributed by atoms with Crippen LogP contribution in [0.15, 0.2) is 12.1 Å². The molecule has 104 valence electrons. The van der Waals surface area contributed by atoms with Crippen LogP contribution in [0.1, 0.15) is 18.3 Å². The lowest BCUT2D eigenvalue weighted by atomic mass is 10.3. The van der Waals surface area contributed by atoms with E-state index in [9.17, 15) is 5.11 Å². The van der Waals surface area contributed by atoms with Gasteiger partial charge in [0, 0.05) is 18.5 Å². The van der Waals surface area contributed by atoms with E-state index in [0.29, 0.717) is 19.8 Å². The number of hydrogen-bond donors (Lipinski definition) is 2. The molecule has 1 aromatic heterocycles. The van der Waals surface area contributed by atoms with Gasteiger partial charge in [0.1, 0.15) is 0 Å². The van der Waals surface area contributed by atoms with E-state index >= 15 is 0 Å². The highest BCUT2D eigenvalue weighted by molar-refractivity contribution is 5.15. The summed E-state index contributed by atoms with van der Waals surface area (Å²) < 4.78 is 12.4. The first-order valence-electron chi connectivity index (χ1n) is 6.22. The van der Waals surface area contributed by atoms with Crippen molar-refractivity contribution in [2.24, 2.45) is 0 Å². The number of hydrogen-bond acceptors (Lipinski definition) is 4. The minimum Gasteiger partial charge on any atom is -0.389 e. The predicted molar refractivity (Wildman–Crippen MR) is 71.4 cm³/mol. The number of aliphatic hydroxyl groups is 1. The lowest BCUT2D eigenvalue weighted by Crippen LogP contribution is -2.32. The summed E-state index contributed by atoms with van der Waals surface area (Å²) >= 11 is 0. The normalized spacial score (nSPS) is 14.5. The lowest BCUT2D eigenvalue weighted by Gasteiger charge is -2.18. The first-order valence-corrected chi connectivity index (χ1v) is 6.22. The van der Waals surface area contributed by atoms with Crippen LogP contribution in [-0.4, -0.2) is 48.9 Å². The van der Waals surface area contributed by atoms with E-state index in [1.165, 1.54) is 0 Å². The van der Waals surface area contributed by atoms with Crippen molar-refractivity contribution in [2.45, 2.75) is 33.0 Å².